The fraction of sp³-hybridized carbons (Fsp3) is 0.550. The van der Waals surface area contributed by atoms with Gasteiger partial charge in [0.25, 0.3) is 0 Å². The Kier molecular flexibility index (Phi) is 4.12. The van der Waals surface area contributed by atoms with E-state index < -0.39 is 10.0 Å². The average molecular weight is 416 g/mol. The van der Waals surface area contributed by atoms with Crippen molar-refractivity contribution in [1.29, 1.82) is 0 Å². The molecule has 8 nitrogen and oxygen atoms in total. The van der Waals surface area contributed by atoms with Crippen LogP contribution in [0.3, 0.4) is 0 Å². The molecule has 1 heterocycles. The van der Waals surface area contributed by atoms with Crippen molar-refractivity contribution >= 4 is 15.9 Å². The van der Waals surface area contributed by atoms with Gasteiger partial charge in [-0.25, -0.2) is 23.2 Å². The first-order valence-electron chi connectivity index (χ1n) is 10.0. The molecule has 1 amide bonds. The number of hydrogen-bond acceptors (Lipinski definition) is 5. The van der Waals surface area contributed by atoms with E-state index in [-0.39, 0.29) is 21.8 Å². The number of nitrogens with two attached hydrogens (primary N) is 1. The number of nitrogens with zero attached hydrogens (tertiary/aromatic N) is 3. The molecule has 4 fully saturated rings. The van der Waals surface area contributed by atoms with Crippen LogP contribution in [0, 0.1) is 17.3 Å². The zero-order chi connectivity index (χ0) is 20.3. The van der Waals surface area contributed by atoms with E-state index in [9.17, 15) is 13.2 Å². The number of benzene rings is 1. The Labute approximate surface area is 169 Å². The van der Waals surface area contributed by atoms with E-state index in [4.69, 9.17) is 5.14 Å². The van der Waals surface area contributed by atoms with Crippen molar-refractivity contribution in [2.75, 3.05) is 0 Å². The van der Waals surface area contributed by atoms with Crippen molar-refractivity contribution < 1.29 is 13.2 Å². The summed E-state index contributed by atoms with van der Waals surface area (Å²) in [4.78, 5) is 17.6. The Morgan fingerprint density at radius 2 is 1.86 bits per heavy atom. The van der Waals surface area contributed by atoms with Gasteiger partial charge in [-0.2, -0.15) is 5.10 Å². The molecule has 9 heteroatoms. The SMILES string of the molecule is NS(=O)(=O)c1ccc(CNC(=O)C23CC4CC(C2)CC(n2cncn2)(C4)C3)cc1. The largest absolute Gasteiger partial charge is 0.352 e. The summed E-state index contributed by atoms with van der Waals surface area (Å²) in [6, 6.07) is 6.33. The lowest BCUT2D eigenvalue weighted by Gasteiger charge is -2.60. The molecule has 0 saturated heterocycles. The Morgan fingerprint density at radius 3 is 2.45 bits per heavy atom. The van der Waals surface area contributed by atoms with Gasteiger partial charge in [-0.05, 0) is 68.1 Å². The first-order chi connectivity index (χ1) is 13.8. The topological polar surface area (TPSA) is 120 Å². The highest BCUT2D eigenvalue weighted by molar-refractivity contribution is 7.89. The smallest absolute Gasteiger partial charge is 0.238 e. The fourth-order valence-corrected chi connectivity index (χ4v) is 6.88. The van der Waals surface area contributed by atoms with E-state index in [2.05, 4.69) is 15.4 Å². The van der Waals surface area contributed by atoms with Gasteiger partial charge in [-0.3, -0.25) is 4.79 Å². The van der Waals surface area contributed by atoms with Crippen LogP contribution in [0.5, 0.6) is 0 Å². The molecule has 4 bridgehead atoms. The highest BCUT2D eigenvalue weighted by Crippen LogP contribution is 2.64. The molecule has 29 heavy (non-hydrogen) atoms. The zero-order valence-electron chi connectivity index (χ0n) is 16.1. The maximum atomic E-state index is 13.3. The van der Waals surface area contributed by atoms with Crippen LogP contribution in [0.25, 0.3) is 0 Å². The second kappa shape index (κ2) is 6.37. The van der Waals surface area contributed by atoms with Gasteiger partial charge < -0.3 is 5.32 Å². The molecule has 4 saturated carbocycles. The Morgan fingerprint density at radius 1 is 1.17 bits per heavy atom. The third-order valence-corrected chi connectivity index (χ3v) is 8.05. The summed E-state index contributed by atoms with van der Waals surface area (Å²) in [5.41, 5.74) is 0.410. The summed E-state index contributed by atoms with van der Waals surface area (Å²) in [5, 5.41) is 12.7. The van der Waals surface area contributed by atoms with E-state index in [0.717, 1.165) is 37.7 Å². The highest BCUT2D eigenvalue weighted by atomic mass is 32.2. The Hall–Kier alpha value is -2.26. The van der Waals surface area contributed by atoms with Gasteiger partial charge >= 0.3 is 0 Å². The molecular formula is C20H25N5O3S. The van der Waals surface area contributed by atoms with E-state index in [1.54, 1.807) is 24.8 Å². The minimum Gasteiger partial charge on any atom is -0.352 e. The number of rotatable bonds is 5. The number of amides is 1. The molecule has 4 aliphatic rings. The second-order valence-corrected chi connectivity index (χ2v) is 10.7. The first kappa shape index (κ1) is 18.7. The number of sulfonamides is 1. The molecule has 1 aromatic carbocycles. The van der Waals surface area contributed by atoms with Crippen LogP contribution in [0.15, 0.2) is 41.8 Å². The molecule has 0 radical (unpaired) electrons. The molecule has 154 valence electrons. The standard InChI is InChI=1S/C20H25N5O3S/c21-29(27,28)17-3-1-14(2-4-17)10-23-18(26)19-6-15-5-16(7-19)9-20(8-15,11-19)25-13-22-12-24-25/h1-4,12-13,15-16H,5-11H2,(H,23,26)(H2,21,27,28). The molecule has 2 aromatic rings. The molecule has 4 aliphatic carbocycles. The zero-order valence-corrected chi connectivity index (χ0v) is 16.9. The normalized spacial score (nSPS) is 33.0. The summed E-state index contributed by atoms with van der Waals surface area (Å²) in [5.74, 6) is 1.21. The minimum absolute atomic E-state index is 0.0726. The van der Waals surface area contributed by atoms with Crippen molar-refractivity contribution in [3.8, 4) is 0 Å². The van der Waals surface area contributed by atoms with Crippen LogP contribution in [-0.2, 0) is 26.9 Å². The Bertz CT molecular complexity index is 1020. The lowest BCUT2D eigenvalue weighted by Crippen LogP contribution is -2.60. The molecule has 2 unspecified atom stereocenters. The number of hydrogen-bond donors (Lipinski definition) is 2. The van der Waals surface area contributed by atoms with Crippen LogP contribution < -0.4 is 10.5 Å². The van der Waals surface area contributed by atoms with E-state index in [1.807, 2.05) is 4.68 Å². The summed E-state index contributed by atoms with van der Waals surface area (Å²) in [6.45, 7) is 0.372. The van der Waals surface area contributed by atoms with Gasteiger partial charge in [0.2, 0.25) is 15.9 Å². The summed E-state index contributed by atoms with van der Waals surface area (Å²) in [7, 11) is -3.71. The fourth-order valence-electron chi connectivity index (χ4n) is 6.37. The van der Waals surface area contributed by atoms with Crippen molar-refractivity contribution in [2.24, 2.45) is 22.4 Å². The maximum absolute atomic E-state index is 13.3. The number of aromatic nitrogens is 3. The summed E-state index contributed by atoms with van der Waals surface area (Å²) < 4.78 is 24.8. The van der Waals surface area contributed by atoms with Crippen molar-refractivity contribution in [2.45, 2.75) is 55.5 Å². The van der Waals surface area contributed by atoms with Gasteiger partial charge in [-0.1, -0.05) is 12.1 Å². The first-order valence-corrected chi connectivity index (χ1v) is 11.6. The van der Waals surface area contributed by atoms with Crippen LogP contribution >= 0.6 is 0 Å². The lowest BCUT2D eigenvalue weighted by molar-refractivity contribution is -0.156. The Balaban J connectivity index is 1.33. The number of carbonyl (C=O) groups excluding carboxylic acids is 1. The number of carbonyl (C=O) groups is 1. The molecule has 1 aromatic heterocycles. The monoisotopic (exact) mass is 415 g/mol. The predicted octanol–water partition coefficient (Wildman–Crippen LogP) is 1.54. The molecular weight excluding hydrogens is 390 g/mol. The van der Waals surface area contributed by atoms with Gasteiger partial charge in [0.1, 0.15) is 12.7 Å². The van der Waals surface area contributed by atoms with E-state index >= 15 is 0 Å². The van der Waals surface area contributed by atoms with Gasteiger partial charge in [-0.15, -0.1) is 0 Å². The molecule has 3 N–H and O–H groups in total. The van der Waals surface area contributed by atoms with Gasteiger partial charge in [0, 0.05) is 6.54 Å². The van der Waals surface area contributed by atoms with Gasteiger partial charge in [0.15, 0.2) is 0 Å². The number of nitrogens with one attached hydrogen (secondary N) is 1. The highest BCUT2D eigenvalue weighted by Gasteiger charge is 2.61. The van der Waals surface area contributed by atoms with Crippen LogP contribution in [-0.4, -0.2) is 29.1 Å². The second-order valence-electron chi connectivity index (χ2n) is 9.18. The number of primary sulfonamides is 1. The molecule has 2 atom stereocenters. The van der Waals surface area contributed by atoms with Crippen LogP contribution in [0.2, 0.25) is 0 Å². The third-order valence-electron chi connectivity index (χ3n) is 7.12. The summed E-state index contributed by atoms with van der Waals surface area (Å²) >= 11 is 0. The van der Waals surface area contributed by atoms with Gasteiger partial charge in [0.05, 0.1) is 15.8 Å². The van der Waals surface area contributed by atoms with E-state index in [1.165, 1.54) is 18.6 Å². The lowest BCUT2D eigenvalue weighted by atomic mass is 9.46. The minimum atomic E-state index is -3.71. The van der Waals surface area contributed by atoms with Crippen molar-refractivity contribution in [1.82, 2.24) is 20.1 Å². The quantitative estimate of drug-likeness (QED) is 0.767. The molecule has 0 aliphatic heterocycles. The third kappa shape index (κ3) is 3.16. The van der Waals surface area contributed by atoms with E-state index in [0.29, 0.717) is 18.4 Å². The maximum Gasteiger partial charge on any atom is 0.238 e. The van der Waals surface area contributed by atoms with Crippen LogP contribution in [0.4, 0.5) is 0 Å². The van der Waals surface area contributed by atoms with Crippen LogP contribution in [0.1, 0.15) is 44.1 Å². The molecule has 0 spiro atoms. The van der Waals surface area contributed by atoms with Crippen molar-refractivity contribution in [3.63, 3.8) is 0 Å². The predicted molar refractivity (Wildman–Crippen MR) is 105 cm³/mol. The summed E-state index contributed by atoms with van der Waals surface area (Å²) in [6.07, 6.45) is 9.44. The average Bonchev–Trinajstić information content (AvgIpc) is 3.20. The molecule has 6 rings (SSSR count). The van der Waals surface area contributed by atoms with Crippen molar-refractivity contribution in [3.05, 3.63) is 42.5 Å².